The molecular formula is C30H45F2N5O3. The number of aromatic nitrogens is 2. The van der Waals surface area contributed by atoms with Crippen LogP contribution < -0.4 is 0 Å². The van der Waals surface area contributed by atoms with Crippen LogP contribution in [-0.4, -0.2) is 93.0 Å². The van der Waals surface area contributed by atoms with E-state index < -0.39 is 11.5 Å². The second-order valence-electron chi connectivity index (χ2n) is 13.0. The van der Waals surface area contributed by atoms with Gasteiger partial charge in [0.1, 0.15) is 11.9 Å². The van der Waals surface area contributed by atoms with Crippen LogP contribution in [0, 0.1) is 25.7 Å². The number of amides is 2. The van der Waals surface area contributed by atoms with Crippen molar-refractivity contribution >= 4 is 12.0 Å². The fraction of sp³-hybridized carbons (Fsp3) is 0.800. The summed E-state index contributed by atoms with van der Waals surface area (Å²) >= 11 is 0. The van der Waals surface area contributed by atoms with Gasteiger partial charge in [-0.25, -0.2) is 23.5 Å². The Kier molecular flexibility index (Phi) is 8.12. The molecule has 40 heavy (non-hydrogen) atoms. The molecule has 0 radical (unpaired) electrons. The number of aryl methyl sites for hydroxylation is 2. The summed E-state index contributed by atoms with van der Waals surface area (Å²) in [6.45, 7) is 12.2. The monoisotopic (exact) mass is 561 g/mol. The quantitative estimate of drug-likeness (QED) is 0.454. The van der Waals surface area contributed by atoms with Gasteiger partial charge < -0.3 is 14.5 Å². The Labute approximate surface area is 236 Å². The highest BCUT2D eigenvalue weighted by molar-refractivity contribution is 5.96. The van der Waals surface area contributed by atoms with Crippen LogP contribution in [0.2, 0.25) is 0 Å². The second kappa shape index (κ2) is 11.1. The number of rotatable bonds is 7. The van der Waals surface area contributed by atoms with Crippen LogP contribution in [0.1, 0.15) is 93.4 Å². The molecule has 10 heteroatoms. The molecule has 1 atom stereocenters. The molecule has 4 heterocycles. The van der Waals surface area contributed by atoms with Gasteiger partial charge >= 0.3 is 6.09 Å². The SMILES string of the molecule is CCCCC1CN(CC2CC(F)(F)C2)C(=O)OC12CCN(C1(C)CCN(C(=O)c3c(C)ncnc3C)CC1)CC2. The molecule has 3 aliphatic heterocycles. The molecule has 0 aromatic carbocycles. The van der Waals surface area contributed by atoms with Gasteiger partial charge in [0.15, 0.2) is 0 Å². The largest absolute Gasteiger partial charge is 0.442 e. The normalized spacial score (nSPS) is 26.4. The number of carbonyl (C=O) groups is 2. The van der Waals surface area contributed by atoms with E-state index in [1.54, 1.807) is 4.90 Å². The van der Waals surface area contributed by atoms with Crippen LogP contribution in [0.3, 0.4) is 0 Å². The lowest BCUT2D eigenvalue weighted by Crippen LogP contribution is -2.64. The van der Waals surface area contributed by atoms with Gasteiger partial charge in [-0.1, -0.05) is 19.8 Å². The average Bonchev–Trinajstić information content (AvgIpc) is 2.89. The summed E-state index contributed by atoms with van der Waals surface area (Å²) in [7, 11) is 0. The third-order valence-corrected chi connectivity index (χ3v) is 10.2. The Bertz CT molecular complexity index is 1070. The Balaban J connectivity index is 1.19. The number of alkyl halides is 2. The van der Waals surface area contributed by atoms with E-state index in [1.165, 1.54) is 6.33 Å². The standard InChI is InChI=1S/C30H45F2N5O3/c1-5-6-7-24-19-36(18-23-16-30(31,32)17-23)27(39)40-29(24)10-14-37(15-11-29)28(4)8-12-35(13-9-28)26(38)25-21(2)33-20-34-22(25)3/h20,23-24H,5-19H2,1-4H3. The van der Waals surface area contributed by atoms with E-state index >= 15 is 0 Å². The van der Waals surface area contributed by atoms with Crippen LogP contribution in [0.15, 0.2) is 6.33 Å². The van der Waals surface area contributed by atoms with Crippen molar-refractivity contribution in [1.82, 2.24) is 24.7 Å². The van der Waals surface area contributed by atoms with Crippen molar-refractivity contribution < 1.29 is 23.1 Å². The van der Waals surface area contributed by atoms with Crippen LogP contribution >= 0.6 is 0 Å². The minimum absolute atomic E-state index is 0.0123. The predicted molar refractivity (Wildman–Crippen MR) is 147 cm³/mol. The van der Waals surface area contributed by atoms with Crippen molar-refractivity contribution in [3.63, 3.8) is 0 Å². The lowest BCUT2D eigenvalue weighted by Gasteiger charge is -2.55. The van der Waals surface area contributed by atoms with Crippen molar-refractivity contribution in [2.45, 2.75) is 103 Å². The topological polar surface area (TPSA) is 78.9 Å². The zero-order chi connectivity index (χ0) is 28.7. The maximum absolute atomic E-state index is 13.4. The minimum atomic E-state index is -2.58. The molecule has 4 fully saturated rings. The first-order valence-electron chi connectivity index (χ1n) is 15.1. The van der Waals surface area contributed by atoms with Crippen LogP contribution in [0.5, 0.6) is 0 Å². The first-order chi connectivity index (χ1) is 19.0. The summed E-state index contributed by atoms with van der Waals surface area (Å²) in [4.78, 5) is 41.0. The highest BCUT2D eigenvalue weighted by atomic mass is 19.3. The van der Waals surface area contributed by atoms with E-state index in [4.69, 9.17) is 4.74 Å². The first-order valence-corrected chi connectivity index (χ1v) is 15.1. The maximum atomic E-state index is 13.4. The van der Waals surface area contributed by atoms with Crippen molar-refractivity contribution in [2.75, 3.05) is 39.3 Å². The average molecular weight is 562 g/mol. The number of hydrogen-bond donors (Lipinski definition) is 0. The fourth-order valence-corrected chi connectivity index (χ4v) is 7.51. The number of hydrogen-bond acceptors (Lipinski definition) is 6. The maximum Gasteiger partial charge on any atom is 0.410 e. The lowest BCUT2D eigenvalue weighted by atomic mass is 9.73. The van der Waals surface area contributed by atoms with Crippen molar-refractivity contribution in [1.29, 1.82) is 0 Å². The summed E-state index contributed by atoms with van der Waals surface area (Å²) in [5, 5.41) is 0. The van der Waals surface area contributed by atoms with E-state index in [0.717, 1.165) is 69.4 Å². The van der Waals surface area contributed by atoms with Crippen molar-refractivity contribution in [3.8, 4) is 0 Å². The van der Waals surface area contributed by atoms with Crippen LogP contribution in [0.25, 0.3) is 0 Å². The summed E-state index contributed by atoms with van der Waals surface area (Å²) < 4.78 is 33.0. The molecule has 2 amide bonds. The zero-order valence-electron chi connectivity index (χ0n) is 24.6. The van der Waals surface area contributed by atoms with Gasteiger partial charge in [-0.2, -0.15) is 0 Å². The lowest BCUT2D eigenvalue weighted by molar-refractivity contribution is -0.147. The van der Waals surface area contributed by atoms with Crippen molar-refractivity contribution in [2.24, 2.45) is 11.8 Å². The number of piperidine rings is 2. The highest BCUT2D eigenvalue weighted by Crippen LogP contribution is 2.46. The highest BCUT2D eigenvalue weighted by Gasteiger charge is 2.53. The first kappa shape index (κ1) is 29.1. The van der Waals surface area contributed by atoms with Gasteiger partial charge in [0.05, 0.1) is 17.0 Å². The molecule has 1 spiro atoms. The van der Waals surface area contributed by atoms with E-state index in [1.807, 2.05) is 18.7 Å². The van der Waals surface area contributed by atoms with E-state index in [-0.39, 0.29) is 42.2 Å². The van der Waals surface area contributed by atoms with Crippen LogP contribution in [0.4, 0.5) is 13.6 Å². The van der Waals surface area contributed by atoms with E-state index in [0.29, 0.717) is 31.7 Å². The van der Waals surface area contributed by atoms with Gasteiger partial charge in [-0.15, -0.1) is 0 Å². The molecule has 3 saturated heterocycles. The fourth-order valence-electron chi connectivity index (χ4n) is 7.51. The number of carbonyl (C=O) groups excluding carboxylic acids is 2. The zero-order valence-corrected chi connectivity index (χ0v) is 24.6. The number of nitrogens with zero attached hydrogens (tertiary/aromatic N) is 5. The molecule has 1 saturated carbocycles. The number of unbranched alkanes of at least 4 members (excludes halogenated alkanes) is 1. The number of halogens is 2. The van der Waals surface area contributed by atoms with Crippen LogP contribution in [-0.2, 0) is 4.74 Å². The summed E-state index contributed by atoms with van der Waals surface area (Å²) in [5.74, 6) is -2.48. The molecular weight excluding hydrogens is 516 g/mol. The van der Waals surface area contributed by atoms with Gasteiger partial charge in [-0.3, -0.25) is 9.69 Å². The third kappa shape index (κ3) is 5.70. The molecule has 1 aromatic rings. The summed E-state index contributed by atoms with van der Waals surface area (Å²) in [6.07, 6.45) is 7.39. The molecule has 222 valence electrons. The minimum Gasteiger partial charge on any atom is -0.442 e. The van der Waals surface area contributed by atoms with E-state index in [2.05, 4.69) is 28.7 Å². The Morgan fingerprint density at radius 1 is 1.05 bits per heavy atom. The molecule has 1 unspecified atom stereocenters. The summed E-state index contributed by atoms with van der Waals surface area (Å²) in [5.41, 5.74) is 1.56. The Morgan fingerprint density at radius 3 is 2.25 bits per heavy atom. The van der Waals surface area contributed by atoms with Gasteiger partial charge in [0, 0.05) is 76.4 Å². The second-order valence-corrected chi connectivity index (χ2v) is 13.0. The molecule has 1 aliphatic carbocycles. The molecule has 4 aliphatic rings. The molecule has 0 N–H and O–H groups in total. The Morgan fingerprint density at radius 2 is 1.68 bits per heavy atom. The van der Waals surface area contributed by atoms with Gasteiger partial charge in [0.2, 0.25) is 5.92 Å². The smallest absolute Gasteiger partial charge is 0.410 e. The molecule has 5 rings (SSSR count). The molecule has 1 aromatic heterocycles. The summed E-state index contributed by atoms with van der Waals surface area (Å²) in [6, 6.07) is 0. The predicted octanol–water partition coefficient (Wildman–Crippen LogP) is 5.23. The van der Waals surface area contributed by atoms with Crippen molar-refractivity contribution in [3.05, 3.63) is 23.3 Å². The molecule has 0 bridgehead atoms. The van der Waals surface area contributed by atoms with E-state index in [9.17, 15) is 18.4 Å². The molecule has 8 nitrogen and oxygen atoms in total. The van der Waals surface area contributed by atoms with Gasteiger partial charge in [0.25, 0.3) is 5.91 Å². The number of likely N-dealkylation sites (tertiary alicyclic amines) is 2. The Hall–Kier alpha value is -2.36. The number of ether oxygens (including phenoxy) is 1. The third-order valence-electron chi connectivity index (χ3n) is 10.2. The van der Waals surface area contributed by atoms with Gasteiger partial charge in [-0.05, 0) is 46.0 Å².